The maximum Gasteiger partial charge on any atom is 0.419 e. The summed E-state index contributed by atoms with van der Waals surface area (Å²) < 4.78 is 97.1. The van der Waals surface area contributed by atoms with Crippen molar-refractivity contribution < 1.29 is 45.7 Å². The van der Waals surface area contributed by atoms with E-state index in [1.54, 1.807) is 14.1 Å². The molecule has 14 nitrogen and oxygen atoms in total. The van der Waals surface area contributed by atoms with Crippen molar-refractivity contribution in [2.75, 3.05) is 27.1 Å². The fourth-order valence-corrected chi connectivity index (χ4v) is 4.78. The lowest BCUT2D eigenvalue weighted by Crippen LogP contribution is -2.12. The zero-order valence-electron chi connectivity index (χ0n) is 27.2. The normalized spacial score (nSPS) is 11.6. The Hall–Kier alpha value is -6.38. The predicted octanol–water partition coefficient (Wildman–Crippen LogP) is 5.55. The number of aromatic hydroxyl groups is 1. The molecule has 52 heavy (non-hydrogen) atoms. The molecule has 0 spiro atoms. The van der Waals surface area contributed by atoms with Crippen LogP contribution < -0.4 is 4.74 Å². The number of ether oxygens (including phenoxy) is 3. The Morgan fingerprint density at radius 1 is 0.731 bits per heavy atom. The number of halogens is 6. The summed E-state index contributed by atoms with van der Waals surface area (Å²) in [5.41, 5.74) is -0.0699. The molecule has 268 valence electrons. The highest BCUT2D eigenvalue weighted by molar-refractivity contribution is 5.84. The monoisotopic (exact) mass is 726 g/mol. The van der Waals surface area contributed by atoms with Gasteiger partial charge in [0.05, 0.1) is 46.8 Å². The number of pyridine rings is 2. The van der Waals surface area contributed by atoms with Crippen molar-refractivity contribution in [3.05, 3.63) is 71.0 Å². The second-order valence-corrected chi connectivity index (χ2v) is 10.7. The second-order valence-electron chi connectivity index (χ2n) is 10.7. The van der Waals surface area contributed by atoms with Crippen LogP contribution >= 0.6 is 0 Å². The standard InChI is InChI=1S/C18H16F3N5O3.C14H8F3N5O/c1-26-15-8-13(23-14(9-22)17(15)24-25-26)11-3-4-16(12(7-11)18(19,20)21)29-10-28-6-5-27-2;1-22-11-5-9(19-10(6-18)13(11)20-21-22)7-2-3-12(23)8(4-7)14(15,16)17/h3-4,7-8H,5-6,10H2,1-2H3;2-5,23H,1H3. The number of phenols is 1. The highest BCUT2D eigenvalue weighted by atomic mass is 19.4. The highest BCUT2D eigenvalue weighted by Crippen LogP contribution is 2.40. The molecule has 0 bridgehead atoms. The number of rotatable bonds is 8. The fourth-order valence-electron chi connectivity index (χ4n) is 4.78. The summed E-state index contributed by atoms with van der Waals surface area (Å²) >= 11 is 0. The maximum absolute atomic E-state index is 13.5. The Labute approximate surface area is 289 Å². The van der Waals surface area contributed by atoms with Crippen LogP contribution in [0.3, 0.4) is 0 Å². The summed E-state index contributed by atoms with van der Waals surface area (Å²) in [4.78, 5) is 8.16. The molecule has 4 heterocycles. The van der Waals surface area contributed by atoms with Gasteiger partial charge >= 0.3 is 12.4 Å². The van der Waals surface area contributed by atoms with Crippen molar-refractivity contribution >= 4 is 22.1 Å². The summed E-state index contributed by atoms with van der Waals surface area (Å²) in [6, 6.07) is 13.3. The first-order valence-electron chi connectivity index (χ1n) is 14.7. The van der Waals surface area contributed by atoms with Crippen LogP contribution in [0.4, 0.5) is 26.3 Å². The Balaban J connectivity index is 0.000000206. The average molecular weight is 727 g/mol. The van der Waals surface area contributed by atoms with Gasteiger partial charge in [-0.2, -0.15) is 36.9 Å². The lowest BCUT2D eigenvalue weighted by atomic mass is 10.1. The summed E-state index contributed by atoms with van der Waals surface area (Å²) in [5.74, 6) is -1.24. The molecule has 0 aliphatic rings. The van der Waals surface area contributed by atoms with Gasteiger partial charge in [-0.25, -0.2) is 19.3 Å². The molecular formula is C32H24F6N10O4. The molecule has 20 heteroatoms. The third kappa shape index (κ3) is 7.83. The van der Waals surface area contributed by atoms with Gasteiger partial charge in [0, 0.05) is 32.3 Å². The lowest BCUT2D eigenvalue weighted by molar-refractivity contribution is -0.140. The SMILES string of the molecule is COCCOCOc1ccc(-c2cc3c(nnn3C)c(C#N)n2)cc1C(F)(F)F.Cn1nnc2c(C#N)nc(-c3ccc(O)c(C(F)(F)F)c3)cc21. The van der Waals surface area contributed by atoms with E-state index in [1.165, 1.54) is 46.8 Å². The summed E-state index contributed by atoms with van der Waals surface area (Å²) in [7, 11) is 4.69. The Morgan fingerprint density at radius 3 is 1.71 bits per heavy atom. The summed E-state index contributed by atoms with van der Waals surface area (Å²) in [6.07, 6.45) is -9.36. The molecule has 0 amide bonds. The van der Waals surface area contributed by atoms with Crippen molar-refractivity contribution in [1.29, 1.82) is 10.5 Å². The number of hydrogen-bond donors (Lipinski definition) is 1. The van der Waals surface area contributed by atoms with E-state index in [0.717, 1.165) is 18.2 Å². The molecular weight excluding hydrogens is 702 g/mol. The predicted molar refractivity (Wildman–Crippen MR) is 168 cm³/mol. The van der Waals surface area contributed by atoms with Crippen LogP contribution in [-0.2, 0) is 35.9 Å². The molecule has 0 unspecified atom stereocenters. The van der Waals surface area contributed by atoms with Gasteiger partial charge in [0.15, 0.2) is 18.2 Å². The number of fused-ring (bicyclic) bond motifs is 2. The molecule has 6 aromatic rings. The number of methoxy groups -OCH3 is 1. The third-order valence-corrected chi connectivity index (χ3v) is 7.32. The molecule has 0 aliphatic carbocycles. The number of aryl methyl sites for hydroxylation is 2. The van der Waals surface area contributed by atoms with E-state index >= 15 is 0 Å². The van der Waals surface area contributed by atoms with Gasteiger partial charge in [0.25, 0.3) is 0 Å². The van der Waals surface area contributed by atoms with Gasteiger partial charge in [-0.15, -0.1) is 10.2 Å². The van der Waals surface area contributed by atoms with Crippen LogP contribution in [0.15, 0.2) is 48.5 Å². The van der Waals surface area contributed by atoms with Crippen molar-refractivity contribution in [1.82, 2.24) is 40.0 Å². The van der Waals surface area contributed by atoms with Crippen LogP contribution in [0, 0.1) is 22.7 Å². The van der Waals surface area contributed by atoms with E-state index in [0.29, 0.717) is 17.6 Å². The number of aromatic nitrogens is 8. The number of nitrogens with zero attached hydrogens (tertiary/aromatic N) is 10. The van der Waals surface area contributed by atoms with E-state index < -0.39 is 29.2 Å². The highest BCUT2D eigenvalue weighted by Gasteiger charge is 2.36. The average Bonchev–Trinajstić information content (AvgIpc) is 3.68. The van der Waals surface area contributed by atoms with Crippen LogP contribution in [0.25, 0.3) is 44.6 Å². The number of hydrogen-bond acceptors (Lipinski definition) is 12. The molecule has 2 aromatic carbocycles. The van der Waals surface area contributed by atoms with Gasteiger partial charge in [-0.3, -0.25) is 0 Å². The number of alkyl halides is 6. The molecule has 0 atom stereocenters. The first-order chi connectivity index (χ1) is 24.7. The Kier molecular flexibility index (Phi) is 10.5. The van der Waals surface area contributed by atoms with E-state index in [9.17, 15) is 36.7 Å². The van der Waals surface area contributed by atoms with Crippen molar-refractivity contribution in [2.45, 2.75) is 12.4 Å². The second kappa shape index (κ2) is 14.8. The van der Waals surface area contributed by atoms with Crippen LogP contribution in [0.2, 0.25) is 0 Å². The van der Waals surface area contributed by atoms with Crippen LogP contribution in [0.5, 0.6) is 11.5 Å². The molecule has 0 radical (unpaired) electrons. The molecule has 0 saturated carbocycles. The zero-order valence-corrected chi connectivity index (χ0v) is 27.2. The third-order valence-electron chi connectivity index (χ3n) is 7.32. The first kappa shape index (κ1) is 36.9. The topological polar surface area (TPSA) is 183 Å². The van der Waals surface area contributed by atoms with Crippen molar-refractivity contribution in [3.63, 3.8) is 0 Å². The van der Waals surface area contributed by atoms with Crippen LogP contribution in [0.1, 0.15) is 22.5 Å². The lowest BCUT2D eigenvalue weighted by Gasteiger charge is -2.15. The fraction of sp³-hybridized carbons (Fsp3) is 0.250. The quantitative estimate of drug-likeness (QED) is 0.118. The van der Waals surface area contributed by atoms with Crippen molar-refractivity contribution in [3.8, 4) is 46.2 Å². The zero-order chi connectivity index (χ0) is 37.8. The van der Waals surface area contributed by atoms with Gasteiger partial charge in [0.1, 0.15) is 34.7 Å². The summed E-state index contributed by atoms with van der Waals surface area (Å²) in [5, 5.41) is 43.1. The maximum atomic E-state index is 13.5. The molecule has 6 rings (SSSR count). The number of nitriles is 2. The minimum absolute atomic E-state index is 0.0222. The molecule has 0 saturated heterocycles. The summed E-state index contributed by atoms with van der Waals surface area (Å²) in [6.45, 7) is 0.136. The Morgan fingerprint density at radius 2 is 1.23 bits per heavy atom. The van der Waals surface area contributed by atoms with Gasteiger partial charge in [0.2, 0.25) is 0 Å². The van der Waals surface area contributed by atoms with Gasteiger partial charge < -0.3 is 19.3 Å². The number of benzene rings is 2. The smallest absolute Gasteiger partial charge is 0.419 e. The molecule has 1 N–H and O–H groups in total. The van der Waals surface area contributed by atoms with E-state index in [2.05, 4.69) is 30.6 Å². The van der Waals surface area contributed by atoms with E-state index in [-0.39, 0.29) is 64.1 Å². The first-order valence-corrected chi connectivity index (χ1v) is 14.7. The van der Waals surface area contributed by atoms with E-state index in [4.69, 9.17) is 19.5 Å². The van der Waals surface area contributed by atoms with Crippen molar-refractivity contribution in [2.24, 2.45) is 14.1 Å². The molecule has 4 aromatic heterocycles. The molecule has 0 fully saturated rings. The minimum atomic E-state index is -4.70. The molecule has 0 aliphatic heterocycles. The minimum Gasteiger partial charge on any atom is -0.507 e. The largest absolute Gasteiger partial charge is 0.507 e. The van der Waals surface area contributed by atoms with E-state index in [1.807, 2.05) is 12.1 Å². The Bertz CT molecular complexity index is 2340. The van der Waals surface area contributed by atoms with Gasteiger partial charge in [-0.05, 0) is 48.5 Å². The van der Waals surface area contributed by atoms with Gasteiger partial charge in [-0.1, -0.05) is 10.4 Å². The van der Waals surface area contributed by atoms with Crippen LogP contribution in [-0.4, -0.2) is 72.2 Å². The number of phenolic OH excluding ortho intramolecular Hbond substituents is 1.